The Hall–Kier alpha value is -2.14. The predicted molar refractivity (Wildman–Crippen MR) is 76.7 cm³/mol. The molecule has 0 fully saturated rings. The molecule has 1 aromatic carbocycles. The van der Waals surface area contributed by atoms with Gasteiger partial charge in [-0.2, -0.15) is 0 Å². The fraction of sp³-hybridized carbons (Fsp3) is 0.333. The van der Waals surface area contributed by atoms with E-state index < -0.39 is 0 Å². The molecule has 5 nitrogen and oxygen atoms in total. The first-order chi connectivity index (χ1) is 9.63. The van der Waals surface area contributed by atoms with Crippen molar-refractivity contribution in [2.24, 2.45) is 0 Å². The summed E-state index contributed by atoms with van der Waals surface area (Å²) in [5, 5.41) is 14.4. The van der Waals surface area contributed by atoms with Gasteiger partial charge in [0, 0.05) is 18.1 Å². The van der Waals surface area contributed by atoms with E-state index in [4.69, 9.17) is 4.42 Å². The lowest BCUT2D eigenvalue weighted by molar-refractivity contribution is -0.385. The number of nitrogens with one attached hydrogen (secondary N) is 1. The van der Waals surface area contributed by atoms with Crippen LogP contribution >= 0.6 is 0 Å². The molecule has 0 radical (unpaired) electrons. The van der Waals surface area contributed by atoms with Gasteiger partial charge in [0.1, 0.15) is 5.76 Å². The zero-order valence-electron chi connectivity index (χ0n) is 11.6. The highest BCUT2D eigenvalue weighted by molar-refractivity contribution is 5.41. The number of rotatable bonds is 6. The Morgan fingerprint density at radius 3 is 2.70 bits per heavy atom. The van der Waals surface area contributed by atoms with Crippen molar-refractivity contribution < 1.29 is 9.34 Å². The van der Waals surface area contributed by atoms with Crippen molar-refractivity contribution in [1.82, 2.24) is 5.32 Å². The molecule has 1 heterocycles. The molecule has 5 heteroatoms. The topological polar surface area (TPSA) is 68.3 Å². The molecule has 2 rings (SSSR count). The summed E-state index contributed by atoms with van der Waals surface area (Å²) in [6.45, 7) is 4.75. The fourth-order valence-electron chi connectivity index (χ4n) is 2.33. The number of hydrogen-bond acceptors (Lipinski definition) is 4. The lowest BCUT2D eigenvalue weighted by Gasteiger charge is -2.16. The molecule has 0 spiro atoms. The van der Waals surface area contributed by atoms with Crippen LogP contribution in [-0.4, -0.2) is 11.5 Å². The number of para-hydroxylation sites is 1. The van der Waals surface area contributed by atoms with Gasteiger partial charge in [-0.05, 0) is 25.1 Å². The molecule has 0 saturated carbocycles. The van der Waals surface area contributed by atoms with Crippen LogP contribution in [0.1, 0.15) is 29.9 Å². The van der Waals surface area contributed by atoms with Crippen LogP contribution in [0.25, 0.3) is 0 Å². The second-order valence-electron chi connectivity index (χ2n) is 4.67. The van der Waals surface area contributed by atoms with Gasteiger partial charge in [-0.15, -0.1) is 0 Å². The highest BCUT2D eigenvalue weighted by Gasteiger charge is 2.21. The van der Waals surface area contributed by atoms with Crippen LogP contribution in [0.4, 0.5) is 5.69 Å². The van der Waals surface area contributed by atoms with Crippen molar-refractivity contribution >= 4 is 5.69 Å². The Bertz CT molecular complexity index is 592. The fourth-order valence-corrected chi connectivity index (χ4v) is 2.33. The lowest BCUT2D eigenvalue weighted by Crippen LogP contribution is -2.23. The van der Waals surface area contributed by atoms with E-state index in [0.717, 1.165) is 17.9 Å². The molecule has 1 atom stereocenters. The van der Waals surface area contributed by atoms with Gasteiger partial charge >= 0.3 is 0 Å². The van der Waals surface area contributed by atoms with Gasteiger partial charge < -0.3 is 9.73 Å². The summed E-state index contributed by atoms with van der Waals surface area (Å²) in [5.74, 6) is 0.838. The maximum absolute atomic E-state index is 11.1. The summed E-state index contributed by atoms with van der Waals surface area (Å²) >= 11 is 0. The zero-order chi connectivity index (χ0) is 14.5. The van der Waals surface area contributed by atoms with E-state index in [-0.39, 0.29) is 16.7 Å². The molecule has 0 aliphatic carbocycles. The van der Waals surface area contributed by atoms with E-state index >= 15 is 0 Å². The first-order valence-electron chi connectivity index (χ1n) is 6.63. The van der Waals surface area contributed by atoms with E-state index in [9.17, 15) is 10.1 Å². The first-order valence-corrected chi connectivity index (χ1v) is 6.63. The van der Waals surface area contributed by atoms with Gasteiger partial charge in [0.2, 0.25) is 0 Å². The summed E-state index contributed by atoms with van der Waals surface area (Å²) < 4.78 is 5.52. The van der Waals surface area contributed by atoms with Gasteiger partial charge in [-0.1, -0.05) is 25.1 Å². The number of nitro benzene ring substituents is 1. The third kappa shape index (κ3) is 3.05. The average Bonchev–Trinajstić information content (AvgIpc) is 2.85. The molecular formula is C15H18N2O3. The number of furan rings is 1. The zero-order valence-corrected chi connectivity index (χ0v) is 11.6. The molecule has 0 aliphatic rings. The second-order valence-corrected chi connectivity index (χ2v) is 4.67. The van der Waals surface area contributed by atoms with Gasteiger partial charge in [-0.3, -0.25) is 10.1 Å². The molecule has 1 aromatic heterocycles. The van der Waals surface area contributed by atoms with Crippen LogP contribution < -0.4 is 5.32 Å². The lowest BCUT2D eigenvalue weighted by atomic mass is 10.0. The van der Waals surface area contributed by atoms with Crippen LogP contribution in [0.5, 0.6) is 0 Å². The number of aryl methyl sites for hydroxylation is 1. The number of benzene rings is 1. The van der Waals surface area contributed by atoms with Crippen LogP contribution in [0.2, 0.25) is 0 Å². The first kappa shape index (κ1) is 14.3. The van der Waals surface area contributed by atoms with Crippen LogP contribution in [0.3, 0.4) is 0 Å². The molecule has 20 heavy (non-hydrogen) atoms. The molecular weight excluding hydrogens is 256 g/mol. The van der Waals surface area contributed by atoms with Crippen molar-refractivity contribution in [2.75, 3.05) is 6.54 Å². The number of nitro groups is 1. The Balaban J connectivity index is 2.30. The summed E-state index contributed by atoms with van der Waals surface area (Å²) in [6.07, 6.45) is 2.17. The largest absolute Gasteiger partial charge is 0.467 e. The minimum Gasteiger partial charge on any atom is -0.467 e. The molecule has 106 valence electrons. The third-order valence-corrected chi connectivity index (χ3v) is 3.28. The van der Waals surface area contributed by atoms with E-state index in [2.05, 4.69) is 5.32 Å². The van der Waals surface area contributed by atoms with E-state index in [1.807, 2.05) is 26.0 Å². The minimum absolute atomic E-state index is 0.0592. The maximum Gasteiger partial charge on any atom is 0.272 e. The molecule has 2 aromatic rings. The van der Waals surface area contributed by atoms with E-state index in [1.54, 1.807) is 18.4 Å². The number of nitrogens with zero attached hydrogens (tertiary/aromatic N) is 1. The molecule has 1 N–H and O–H groups in total. The van der Waals surface area contributed by atoms with Crippen molar-refractivity contribution in [1.29, 1.82) is 0 Å². The predicted octanol–water partition coefficient (Wildman–Crippen LogP) is 3.39. The van der Waals surface area contributed by atoms with Crippen molar-refractivity contribution in [3.63, 3.8) is 0 Å². The van der Waals surface area contributed by atoms with Gasteiger partial charge in [0.25, 0.3) is 5.69 Å². The van der Waals surface area contributed by atoms with Crippen molar-refractivity contribution in [3.05, 3.63) is 63.6 Å². The third-order valence-electron chi connectivity index (χ3n) is 3.28. The molecule has 0 amide bonds. The van der Waals surface area contributed by atoms with E-state index in [1.165, 1.54) is 6.07 Å². The highest BCUT2D eigenvalue weighted by Crippen LogP contribution is 2.27. The van der Waals surface area contributed by atoms with Gasteiger partial charge in [-0.25, -0.2) is 0 Å². The highest BCUT2D eigenvalue weighted by atomic mass is 16.6. The summed E-state index contributed by atoms with van der Waals surface area (Å²) in [4.78, 5) is 10.7. The smallest absolute Gasteiger partial charge is 0.272 e. The van der Waals surface area contributed by atoms with E-state index in [0.29, 0.717) is 12.0 Å². The minimum atomic E-state index is -0.340. The summed E-state index contributed by atoms with van der Waals surface area (Å²) in [6, 6.07) is 8.67. The van der Waals surface area contributed by atoms with Gasteiger partial charge in [0.15, 0.2) is 0 Å². The average molecular weight is 274 g/mol. The van der Waals surface area contributed by atoms with Crippen LogP contribution in [0, 0.1) is 17.0 Å². The Labute approximate surface area is 117 Å². The monoisotopic (exact) mass is 274 g/mol. The number of hydrogen-bond donors (Lipinski definition) is 1. The normalized spacial score (nSPS) is 12.3. The molecule has 0 bridgehead atoms. The number of likely N-dealkylation sites (N-methyl/N-ethyl adjacent to an activating group) is 1. The standard InChI is InChI=1S/C15H18N2O3/c1-3-16-13(15-11(2)8-9-20-15)10-12-6-4-5-7-14(12)17(18)19/h4-9,13,16H,3,10H2,1-2H3. The van der Waals surface area contributed by atoms with Crippen LogP contribution in [-0.2, 0) is 6.42 Å². The van der Waals surface area contributed by atoms with Gasteiger partial charge in [0.05, 0.1) is 17.2 Å². The van der Waals surface area contributed by atoms with Crippen molar-refractivity contribution in [3.8, 4) is 0 Å². The SMILES string of the molecule is CCNC(Cc1ccccc1[N+](=O)[O-])c1occc1C. The second kappa shape index (κ2) is 6.34. The molecule has 1 unspecified atom stereocenters. The quantitative estimate of drug-likeness (QED) is 0.647. The Morgan fingerprint density at radius 1 is 1.35 bits per heavy atom. The van der Waals surface area contributed by atoms with Crippen LogP contribution in [0.15, 0.2) is 41.0 Å². The Morgan fingerprint density at radius 2 is 2.10 bits per heavy atom. The molecule has 0 saturated heterocycles. The maximum atomic E-state index is 11.1. The van der Waals surface area contributed by atoms with Crippen molar-refractivity contribution in [2.45, 2.75) is 26.3 Å². The Kier molecular flexibility index (Phi) is 4.53. The summed E-state index contributed by atoms with van der Waals surface area (Å²) in [5.41, 5.74) is 1.91. The summed E-state index contributed by atoms with van der Waals surface area (Å²) in [7, 11) is 0. The molecule has 0 aliphatic heterocycles.